The highest BCUT2D eigenvalue weighted by molar-refractivity contribution is 7.15. The van der Waals surface area contributed by atoms with E-state index in [2.05, 4.69) is 15.2 Å². The van der Waals surface area contributed by atoms with Gasteiger partial charge in [0.1, 0.15) is 0 Å². The molecule has 1 amide bonds. The van der Waals surface area contributed by atoms with E-state index in [0.717, 1.165) is 32.5 Å². The van der Waals surface area contributed by atoms with Crippen LogP contribution < -0.4 is 11.1 Å². The topological polar surface area (TPSA) is 71.2 Å². The molecule has 19 heavy (non-hydrogen) atoms. The van der Waals surface area contributed by atoms with Gasteiger partial charge >= 0.3 is 0 Å². The number of carbonyl (C=O) groups excluding carboxylic acids is 1. The number of nitrogen functional groups attached to an aromatic ring is 1. The predicted molar refractivity (Wildman–Crippen MR) is 80.5 cm³/mol. The third-order valence-corrected chi connectivity index (χ3v) is 3.95. The summed E-state index contributed by atoms with van der Waals surface area (Å²) < 4.78 is 0. The molecule has 0 saturated carbocycles. The minimum Gasteiger partial charge on any atom is -0.375 e. The van der Waals surface area contributed by atoms with Gasteiger partial charge in [-0.3, -0.25) is 9.69 Å². The van der Waals surface area contributed by atoms with Crippen molar-refractivity contribution in [1.82, 2.24) is 15.2 Å². The Morgan fingerprint density at radius 2 is 2.47 bits per heavy atom. The van der Waals surface area contributed by atoms with Crippen LogP contribution in [0.4, 0.5) is 5.13 Å². The molecule has 5 nitrogen and oxygen atoms in total. The zero-order valence-corrected chi connectivity index (χ0v) is 12.7. The Morgan fingerprint density at radius 1 is 1.68 bits per heavy atom. The Morgan fingerprint density at radius 3 is 3.11 bits per heavy atom. The first-order valence-electron chi connectivity index (χ1n) is 6.39. The summed E-state index contributed by atoms with van der Waals surface area (Å²) in [7, 11) is 0. The monoisotopic (exact) mass is 304 g/mol. The molecule has 1 aliphatic heterocycles. The number of aromatic nitrogens is 1. The van der Waals surface area contributed by atoms with Crippen molar-refractivity contribution in [3.05, 3.63) is 11.1 Å². The fourth-order valence-corrected chi connectivity index (χ4v) is 2.99. The summed E-state index contributed by atoms with van der Waals surface area (Å²) >= 11 is 1.54. The molecule has 7 heteroatoms. The van der Waals surface area contributed by atoms with Gasteiger partial charge in [0.2, 0.25) is 5.91 Å². The number of anilines is 1. The van der Waals surface area contributed by atoms with Gasteiger partial charge in [-0.05, 0) is 19.4 Å². The summed E-state index contributed by atoms with van der Waals surface area (Å²) in [6, 6.07) is 0.288. The lowest BCUT2D eigenvalue weighted by atomic mass is 10.1. The maximum Gasteiger partial charge on any atom is 0.219 e. The first-order chi connectivity index (χ1) is 8.67. The van der Waals surface area contributed by atoms with Crippen LogP contribution in [0.5, 0.6) is 0 Å². The van der Waals surface area contributed by atoms with Crippen LogP contribution in [-0.2, 0) is 11.3 Å². The van der Waals surface area contributed by atoms with Crippen molar-refractivity contribution in [3.8, 4) is 0 Å². The lowest BCUT2D eigenvalue weighted by Crippen LogP contribution is -2.47. The minimum absolute atomic E-state index is 0. The number of piperidine rings is 1. The van der Waals surface area contributed by atoms with Gasteiger partial charge in [-0.15, -0.1) is 23.7 Å². The first kappa shape index (κ1) is 16.2. The van der Waals surface area contributed by atoms with E-state index in [0.29, 0.717) is 11.6 Å². The van der Waals surface area contributed by atoms with Crippen molar-refractivity contribution in [2.75, 3.05) is 18.8 Å². The Balaban J connectivity index is 0.00000180. The standard InChI is InChI=1S/C12H20N4OS.ClH/c1-2-11(17)15-9-4-3-5-16(7-9)8-10-6-14-12(13)18-10;/h6,9H,2-5,7-8H2,1H3,(H2,13,14)(H,15,17);1H. The van der Waals surface area contributed by atoms with Gasteiger partial charge < -0.3 is 11.1 Å². The normalized spacial score (nSPS) is 19.7. The van der Waals surface area contributed by atoms with Crippen LogP contribution in [0.3, 0.4) is 0 Å². The van der Waals surface area contributed by atoms with E-state index in [9.17, 15) is 4.79 Å². The van der Waals surface area contributed by atoms with Crippen molar-refractivity contribution in [2.24, 2.45) is 0 Å². The number of likely N-dealkylation sites (tertiary alicyclic amines) is 1. The predicted octanol–water partition coefficient (Wildman–Crippen LogP) is 1.64. The summed E-state index contributed by atoms with van der Waals surface area (Å²) in [4.78, 5) is 19.0. The first-order valence-corrected chi connectivity index (χ1v) is 7.21. The number of thiazole rings is 1. The molecule has 1 aromatic heterocycles. The molecule has 1 unspecified atom stereocenters. The van der Waals surface area contributed by atoms with Gasteiger partial charge in [0.25, 0.3) is 0 Å². The fourth-order valence-electron chi connectivity index (χ4n) is 2.26. The molecule has 2 heterocycles. The van der Waals surface area contributed by atoms with Crippen molar-refractivity contribution in [2.45, 2.75) is 38.8 Å². The van der Waals surface area contributed by atoms with Crippen LogP contribution in [0.25, 0.3) is 0 Å². The van der Waals surface area contributed by atoms with Crippen LogP contribution in [0.1, 0.15) is 31.1 Å². The molecule has 1 fully saturated rings. The maximum absolute atomic E-state index is 11.4. The van der Waals surface area contributed by atoms with E-state index >= 15 is 0 Å². The quantitative estimate of drug-likeness (QED) is 0.887. The van der Waals surface area contributed by atoms with Gasteiger partial charge in [-0.25, -0.2) is 4.98 Å². The van der Waals surface area contributed by atoms with Crippen molar-refractivity contribution >= 4 is 34.8 Å². The highest BCUT2D eigenvalue weighted by Gasteiger charge is 2.21. The molecule has 1 aliphatic rings. The second kappa shape index (κ2) is 7.67. The Labute approximate surface area is 124 Å². The molecular formula is C12H21ClN4OS. The molecule has 2 rings (SSSR count). The van der Waals surface area contributed by atoms with Gasteiger partial charge in [0.05, 0.1) is 0 Å². The molecule has 1 aromatic rings. The fraction of sp³-hybridized carbons (Fsp3) is 0.667. The summed E-state index contributed by atoms with van der Waals surface area (Å²) in [5, 5.41) is 3.69. The van der Waals surface area contributed by atoms with Crippen LogP contribution in [0.15, 0.2) is 6.20 Å². The summed E-state index contributed by atoms with van der Waals surface area (Å²) in [5.41, 5.74) is 5.63. The van der Waals surface area contributed by atoms with Crippen LogP contribution >= 0.6 is 23.7 Å². The average Bonchev–Trinajstić information content (AvgIpc) is 2.75. The maximum atomic E-state index is 11.4. The number of hydrogen-bond donors (Lipinski definition) is 2. The SMILES string of the molecule is CCC(=O)NC1CCCN(Cc2cnc(N)s2)C1.Cl. The number of nitrogens with two attached hydrogens (primary N) is 1. The van der Waals surface area contributed by atoms with E-state index in [1.807, 2.05) is 13.1 Å². The number of hydrogen-bond acceptors (Lipinski definition) is 5. The van der Waals surface area contributed by atoms with E-state index in [-0.39, 0.29) is 24.4 Å². The minimum atomic E-state index is 0. The molecule has 0 aromatic carbocycles. The molecular weight excluding hydrogens is 284 g/mol. The number of amides is 1. The van der Waals surface area contributed by atoms with Crippen molar-refractivity contribution in [3.63, 3.8) is 0 Å². The van der Waals surface area contributed by atoms with Crippen LogP contribution in [0.2, 0.25) is 0 Å². The largest absolute Gasteiger partial charge is 0.375 e. The summed E-state index contributed by atoms with van der Waals surface area (Å²) in [5.74, 6) is 0.142. The van der Waals surface area contributed by atoms with E-state index in [1.165, 1.54) is 16.2 Å². The Hall–Kier alpha value is -0.850. The van der Waals surface area contributed by atoms with E-state index in [4.69, 9.17) is 5.73 Å². The van der Waals surface area contributed by atoms with Gasteiger partial charge in [0.15, 0.2) is 5.13 Å². The third-order valence-electron chi connectivity index (χ3n) is 3.14. The van der Waals surface area contributed by atoms with Gasteiger partial charge in [-0.1, -0.05) is 6.92 Å². The second-order valence-electron chi connectivity index (χ2n) is 4.66. The number of nitrogens with zero attached hydrogens (tertiary/aromatic N) is 2. The lowest BCUT2D eigenvalue weighted by Gasteiger charge is -2.32. The molecule has 0 bridgehead atoms. The number of halogens is 1. The Kier molecular flexibility index (Phi) is 6.54. The van der Waals surface area contributed by atoms with E-state index < -0.39 is 0 Å². The number of nitrogens with one attached hydrogen (secondary N) is 1. The molecule has 0 aliphatic carbocycles. The third kappa shape index (κ3) is 4.97. The zero-order valence-electron chi connectivity index (χ0n) is 11.1. The highest BCUT2D eigenvalue weighted by atomic mass is 35.5. The summed E-state index contributed by atoms with van der Waals surface area (Å²) in [6.45, 7) is 4.77. The van der Waals surface area contributed by atoms with Crippen molar-refractivity contribution < 1.29 is 4.79 Å². The van der Waals surface area contributed by atoms with Crippen molar-refractivity contribution in [1.29, 1.82) is 0 Å². The van der Waals surface area contributed by atoms with Gasteiger partial charge in [-0.2, -0.15) is 0 Å². The van der Waals surface area contributed by atoms with Crippen LogP contribution in [0, 0.1) is 0 Å². The molecule has 1 atom stereocenters. The summed E-state index contributed by atoms with van der Waals surface area (Å²) in [6.07, 6.45) is 4.60. The second-order valence-corrected chi connectivity index (χ2v) is 5.81. The van der Waals surface area contributed by atoms with Gasteiger partial charge in [0, 0.05) is 36.6 Å². The average molecular weight is 305 g/mol. The molecule has 3 N–H and O–H groups in total. The molecule has 108 valence electrons. The zero-order chi connectivity index (χ0) is 13.0. The molecule has 1 saturated heterocycles. The smallest absolute Gasteiger partial charge is 0.219 e. The molecule has 0 spiro atoms. The number of rotatable bonds is 4. The Bertz CT molecular complexity index is 412. The lowest BCUT2D eigenvalue weighted by molar-refractivity contribution is -0.121. The van der Waals surface area contributed by atoms with E-state index in [1.54, 1.807) is 0 Å². The molecule has 0 radical (unpaired) electrons. The van der Waals surface area contributed by atoms with Crippen LogP contribution in [-0.4, -0.2) is 34.9 Å². The highest BCUT2D eigenvalue weighted by Crippen LogP contribution is 2.19. The number of carbonyl (C=O) groups is 1.